The average molecular weight is 391 g/mol. The summed E-state index contributed by atoms with van der Waals surface area (Å²) in [6.07, 6.45) is 2.14. The highest BCUT2D eigenvalue weighted by molar-refractivity contribution is 14.0. The minimum Gasteiger partial charge on any atom is -0.379 e. The summed E-state index contributed by atoms with van der Waals surface area (Å²) in [7, 11) is 0. The van der Waals surface area contributed by atoms with Crippen LogP contribution in [0.5, 0.6) is 0 Å². The zero-order valence-corrected chi connectivity index (χ0v) is 14.7. The van der Waals surface area contributed by atoms with Gasteiger partial charge in [0.15, 0.2) is 5.96 Å². The largest absolute Gasteiger partial charge is 0.379 e. The molecule has 0 heterocycles. The topological polar surface area (TPSA) is 59.6 Å². The van der Waals surface area contributed by atoms with E-state index in [9.17, 15) is 0 Å². The van der Waals surface area contributed by atoms with Crippen molar-refractivity contribution >= 4 is 29.9 Å². The first-order valence-electron chi connectivity index (χ1n) is 6.88. The molecule has 4 nitrogen and oxygen atoms in total. The molecular weight excluding hydrogens is 365 g/mol. The van der Waals surface area contributed by atoms with E-state index in [-0.39, 0.29) is 30.1 Å². The maximum absolute atomic E-state index is 5.78. The van der Waals surface area contributed by atoms with Crippen LogP contribution in [-0.2, 0) is 11.2 Å². The van der Waals surface area contributed by atoms with Gasteiger partial charge in [-0.25, -0.2) is 0 Å². The molecule has 0 atom stereocenters. The van der Waals surface area contributed by atoms with Crippen LogP contribution in [0.4, 0.5) is 0 Å². The standard InChI is InChI=1S/C15H25N3O.HI/c1-13(2)19-12-6-10-17-15(16)18-11-9-14-7-4-3-5-8-14;/h3-5,7-8,13H,6,9-12H2,1-2H3,(H3,16,17,18);1H. The van der Waals surface area contributed by atoms with Gasteiger partial charge in [0.05, 0.1) is 6.10 Å². The molecule has 114 valence electrons. The first-order chi connectivity index (χ1) is 9.18. The number of benzene rings is 1. The molecule has 20 heavy (non-hydrogen) atoms. The Kier molecular flexibility index (Phi) is 11.5. The van der Waals surface area contributed by atoms with Crippen molar-refractivity contribution in [2.75, 3.05) is 19.7 Å². The second-order valence-electron chi connectivity index (χ2n) is 4.70. The maximum Gasteiger partial charge on any atom is 0.188 e. The number of aliphatic imine (C=N–C) groups is 1. The fraction of sp³-hybridized carbons (Fsp3) is 0.533. The molecule has 0 saturated carbocycles. The van der Waals surface area contributed by atoms with Gasteiger partial charge in [-0.2, -0.15) is 0 Å². The van der Waals surface area contributed by atoms with E-state index in [0.29, 0.717) is 12.5 Å². The van der Waals surface area contributed by atoms with Crippen molar-refractivity contribution in [3.8, 4) is 0 Å². The fourth-order valence-corrected chi connectivity index (χ4v) is 1.62. The lowest BCUT2D eigenvalue weighted by Gasteiger charge is -2.07. The molecule has 1 rings (SSSR count). The van der Waals surface area contributed by atoms with Crippen LogP contribution in [-0.4, -0.2) is 31.8 Å². The third kappa shape index (κ3) is 10.0. The van der Waals surface area contributed by atoms with Gasteiger partial charge >= 0.3 is 0 Å². The van der Waals surface area contributed by atoms with Crippen LogP contribution in [0.2, 0.25) is 0 Å². The summed E-state index contributed by atoms with van der Waals surface area (Å²) in [5, 5.41) is 3.12. The van der Waals surface area contributed by atoms with Crippen LogP contribution in [0.1, 0.15) is 25.8 Å². The third-order valence-electron chi connectivity index (χ3n) is 2.60. The molecule has 1 aromatic carbocycles. The van der Waals surface area contributed by atoms with E-state index in [1.165, 1.54) is 5.56 Å². The zero-order valence-electron chi connectivity index (χ0n) is 12.3. The van der Waals surface area contributed by atoms with Gasteiger partial charge in [-0.1, -0.05) is 30.3 Å². The Morgan fingerprint density at radius 1 is 1.30 bits per heavy atom. The second-order valence-corrected chi connectivity index (χ2v) is 4.70. The predicted molar refractivity (Wildman–Crippen MR) is 95.8 cm³/mol. The van der Waals surface area contributed by atoms with Crippen molar-refractivity contribution in [2.24, 2.45) is 10.7 Å². The molecule has 0 aliphatic heterocycles. The summed E-state index contributed by atoms with van der Waals surface area (Å²) >= 11 is 0. The number of guanidine groups is 1. The Labute approximate surface area is 139 Å². The molecule has 0 amide bonds. The van der Waals surface area contributed by atoms with E-state index in [4.69, 9.17) is 10.5 Å². The molecule has 3 N–H and O–H groups in total. The van der Waals surface area contributed by atoms with Gasteiger partial charge in [0, 0.05) is 19.7 Å². The van der Waals surface area contributed by atoms with E-state index >= 15 is 0 Å². The molecule has 0 aliphatic rings. The van der Waals surface area contributed by atoms with E-state index < -0.39 is 0 Å². The number of nitrogens with zero attached hydrogens (tertiary/aromatic N) is 1. The minimum atomic E-state index is 0. The summed E-state index contributed by atoms with van der Waals surface area (Å²) in [6, 6.07) is 10.3. The van der Waals surface area contributed by atoms with Crippen molar-refractivity contribution < 1.29 is 4.74 Å². The van der Waals surface area contributed by atoms with E-state index in [1.54, 1.807) is 0 Å². The van der Waals surface area contributed by atoms with E-state index in [1.807, 2.05) is 32.0 Å². The van der Waals surface area contributed by atoms with Crippen molar-refractivity contribution in [1.82, 2.24) is 5.32 Å². The van der Waals surface area contributed by atoms with Crippen LogP contribution in [0, 0.1) is 0 Å². The van der Waals surface area contributed by atoms with Gasteiger partial charge < -0.3 is 15.8 Å². The SMILES string of the molecule is CC(C)OCCCN=C(N)NCCc1ccccc1.I. The first-order valence-corrected chi connectivity index (χ1v) is 6.88. The van der Waals surface area contributed by atoms with Gasteiger partial charge in [0.1, 0.15) is 0 Å². The number of ether oxygens (including phenoxy) is 1. The molecule has 0 saturated heterocycles. The molecule has 5 heteroatoms. The highest BCUT2D eigenvalue weighted by Crippen LogP contribution is 1.97. The molecule has 0 unspecified atom stereocenters. The summed E-state index contributed by atoms with van der Waals surface area (Å²) in [4.78, 5) is 4.26. The smallest absolute Gasteiger partial charge is 0.188 e. The van der Waals surface area contributed by atoms with Crippen molar-refractivity contribution in [1.29, 1.82) is 0 Å². The Bertz CT molecular complexity index is 369. The molecule has 0 aromatic heterocycles. The normalized spacial score (nSPS) is 11.2. The molecule has 0 fully saturated rings. The predicted octanol–water partition coefficient (Wildman–Crippen LogP) is 2.57. The highest BCUT2D eigenvalue weighted by atomic mass is 127. The fourth-order valence-electron chi connectivity index (χ4n) is 1.62. The van der Waals surface area contributed by atoms with Gasteiger partial charge in [0.25, 0.3) is 0 Å². The average Bonchev–Trinajstić information content (AvgIpc) is 2.39. The van der Waals surface area contributed by atoms with Crippen LogP contribution in [0.15, 0.2) is 35.3 Å². The summed E-state index contributed by atoms with van der Waals surface area (Å²) in [6.45, 7) is 6.31. The van der Waals surface area contributed by atoms with E-state index in [2.05, 4.69) is 22.4 Å². The van der Waals surface area contributed by atoms with Gasteiger partial charge in [-0.15, -0.1) is 24.0 Å². The zero-order chi connectivity index (χ0) is 13.9. The number of hydrogen-bond donors (Lipinski definition) is 2. The Hall–Kier alpha value is -0.820. The monoisotopic (exact) mass is 391 g/mol. The molecule has 0 spiro atoms. The third-order valence-corrected chi connectivity index (χ3v) is 2.60. The lowest BCUT2D eigenvalue weighted by atomic mass is 10.1. The van der Waals surface area contributed by atoms with Crippen molar-refractivity contribution in [2.45, 2.75) is 32.8 Å². The van der Waals surface area contributed by atoms with Crippen LogP contribution in [0.25, 0.3) is 0 Å². The van der Waals surface area contributed by atoms with Crippen LogP contribution < -0.4 is 11.1 Å². The number of rotatable bonds is 8. The van der Waals surface area contributed by atoms with Gasteiger partial charge in [-0.3, -0.25) is 4.99 Å². The van der Waals surface area contributed by atoms with Crippen LogP contribution >= 0.6 is 24.0 Å². The highest BCUT2D eigenvalue weighted by Gasteiger charge is 1.95. The number of halogens is 1. The summed E-state index contributed by atoms with van der Waals surface area (Å²) in [5.41, 5.74) is 7.08. The summed E-state index contributed by atoms with van der Waals surface area (Å²) in [5.74, 6) is 0.514. The summed E-state index contributed by atoms with van der Waals surface area (Å²) < 4.78 is 5.43. The Morgan fingerprint density at radius 2 is 2.00 bits per heavy atom. The molecule has 1 aromatic rings. The number of nitrogens with two attached hydrogens (primary N) is 1. The lowest BCUT2D eigenvalue weighted by Crippen LogP contribution is -2.33. The van der Waals surface area contributed by atoms with Crippen molar-refractivity contribution in [3.05, 3.63) is 35.9 Å². The molecule has 0 bridgehead atoms. The Balaban J connectivity index is 0.00000361. The maximum atomic E-state index is 5.78. The molecular formula is C15H26IN3O. The van der Waals surface area contributed by atoms with Gasteiger partial charge in [0.2, 0.25) is 0 Å². The van der Waals surface area contributed by atoms with E-state index in [0.717, 1.165) is 26.0 Å². The number of hydrogen-bond acceptors (Lipinski definition) is 2. The quantitative estimate of drug-likeness (QED) is 0.310. The van der Waals surface area contributed by atoms with Gasteiger partial charge in [-0.05, 0) is 32.3 Å². The number of nitrogens with one attached hydrogen (secondary N) is 1. The first kappa shape index (κ1) is 19.2. The van der Waals surface area contributed by atoms with Crippen molar-refractivity contribution in [3.63, 3.8) is 0 Å². The minimum absolute atomic E-state index is 0. The molecule has 0 radical (unpaired) electrons. The Morgan fingerprint density at radius 3 is 2.65 bits per heavy atom. The molecule has 0 aliphatic carbocycles. The second kappa shape index (κ2) is 12.0. The van der Waals surface area contributed by atoms with Crippen LogP contribution in [0.3, 0.4) is 0 Å². The lowest BCUT2D eigenvalue weighted by molar-refractivity contribution is 0.0783.